The Morgan fingerprint density at radius 2 is 1.92 bits per heavy atom. The minimum Gasteiger partial charge on any atom is -0.493 e. The van der Waals surface area contributed by atoms with E-state index in [2.05, 4.69) is 15.0 Å². The molecule has 4 aromatic rings. The van der Waals surface area contributed by atoms with Gasteiger partial charge in [-0.1, -0.05) is 41.7 Å². The molecule has 1 atom stereocenters. The number of halogens is 2. The predicted octanol–water partition coefficient (Wildman–Crippen LogP) is 4.55. The molecule has 194 valence electrons. The molecule has 0 radical (unpaired) electrons. The molecule has 1 unspecified atom stereocenters. The minimum atomic E-state index is -2.99. The van der Waals surface area contributed by atoms with Crippen molar-refractivity contribution in [2.75, 3.05) is 12.4 Å². The summed E-state index contributed by atoms with van der Waals surface area (Å²) < 4.78 is 36.9. The number of para-hydroxylation sites is 1. The number of allylic oxidation sites excluding steroid dienone is 1. The molecule has 2 aromatic heterocycles. The van der Waals surface area contributed by atoms with Gasteiger partial charge < -0.3 is 14.8 Å². The van der Waals surface area contributed by atoms with Crippen molar-refractivity contribution >= 4 is 40.3 Å². The average Bonchev–Trinajstić information content (AvgIpc) is 3.53. The van der Waals surface area contributed by atoms with Crippen LogP contribution in [0.5, 0.6) is 11.5 Å². The number of aromatic nitrogens is 1. The molecule has 0 saturated carbocycles. The molecular weight excluding hydrogens is 532 g/mol. The maximum Gasteiger partial charge on any atom is 0.387 e. The van der Waals surface area contributed by atoms with Crippen LogP contribution in [-0.4, -0.2) is 24.2 Å². The zero-order valence-electron chi connectivity index (χ0n) is 20.2. The Hall–Kier alpha value is -4.09. The zero-order valence-corrected chi connectivity index (χ0v) is 21.8. The highest BCUT2D eigenvalue weighted by molar-refractivity contribution is 7.10. The van der Waals surface area contributed by atoms with Crippen molar-refractivity contribution in [1.82, 2.24) is 4.57 Å². The molecule has 2 aromatic carbocycles. The van der Waals surface area contributed by atoms with Crippen LogP contribution in [0, 0.1) is 0 Å². The van der Waals surface area contributed by atoms with Crippen LogP contribution in [0.1, 0.15) is 23.4 Å². The van der Waals surface area contributed by atoms with Gasteiger partial charge in [0.25, 0.3) is 11.5 Å². The molecule has 0 spiro atoms. The molecule has 3 heterocycles. The van der Waals surface area contributed by atoms with Crippen LogP contribution in [0.4, 0.5) is 14.5 Å². The summed E-state index contributed by atoms with van der Waals surface area (Å²) in [4.78, 5) is 33.0. The van der Waals surface area contributed by atoms with Crippen LogP contribution in [0.3, 0.4) is 0 Å². The fraction of sp³-hybridized carbons (Fsp3) is 0.148. The second-order valence-electron chi connectivity index (χ2n) is 8.21. The first-order valence-corrected chi connectivity index (χ1v) is 13.1. The Balaban J connectivity index is 1.60. The van der Waals surface area contributed by atoms with Crippen molar-refractivity contribution in [3.05, 3.63) is 107 Å². The van der Waals surface area contributed by atoms with Gasteiger partial charge in [-0.05, 0) is 54.3 Å². The molecule has 0 fully saturated rings. The minimum absolute atomic E-state index is 0.108. The Morgan fingerprint density at radius 3 is 2.61 bits per heavy atom. The lowest BCUT2D eigenvalue weighted by molar-refractivity contribution is -0.113. The molecule has 11 heteroatoms. The summed E-state index contributed by atoms with van der Waals surface area (Å²) in [6.45, 7) is -1.24. The average molecular weight is 554 g/mol. The van der Waals surface area contributed by atoms with Crippen LogP contribution in [0.2, 0.25) is 0 Å². The normalized spacial score (nSPS) is 15.3. The second kappa shape index (κ2) is 10.7. The third-order valence-corrected chi connectivity index (χ3v) is 7.72. The van der Waals surface area contributed by atoms with E-state index >= 15 is 0 Å². The number of carbonyl (C=O) groups excluding carboxylic acids is 1. The molecule has 0 bridgehead atoms. The van der Waals surface area contributed by atoms with Gasteiger partial charge in [0, 0.05) is 10.6 Å². The fourth-order valence-corrected chi connectivity index (χ4v) is 6.04. The molecule has 1 aliphatic rings. The Bertz CT molecular complexity index is 1690. The van der Waals surface area contributed by atoms with Gasteiger partial charge >= 0.3 is 6.61 Å². The van der Waals surface area contributed by atoms with E-state index in [1.54, 1.807) is 31.2 Å². The summed E-state index contributed by atoms with van der Waals surface area (Å²) in [6, 6.07) is 16.6. The Labute approximate surface area is 223 Å². The van der Waals surface area contributed by atoms with Crippen molar-refractivity contribution in [2.45, 2.75) is 19.6 Å². The van der Waals surface area contributed by atoms with Gasteiger partial charge in [0.1, 0.15) is 6.04 Å². The number of ether oxygens (including phenoxy) is 2. The number of carbonyl (C=O) groups is 1. The summed E-state index contributed by atoms with van der Waals surface area (Å²) in [6.07, 6.45) is 1.63. The largest absolute Gasteiger partial charge is 0.493 e. The number of alkyl halides is 2. The van der Waals surface area contributed by atoms with Gasteiger partial charge in [-0.25, -0.2) is 4.99 Å². The van der Waals surface area contributed by atoms with Gasteiger partial charge in [-0.3, -0.25) is 14.2 Å². The third-order valence-electron chi connectivity index (χ3n) is 5.81. The van der Waals surface area contributed by atoms with Gasteiger partial charge in [0.05, 0.1) is 22.9 Å². The lowest BCUT2D eigenvalue weighted by atomic mass is 10.0. The number of methoxy groups -OCH3 is 1. The van der Waals surface area contributed by atoms with E-state index in [0.717, 1.165) is 4.88 Å². The van der Waals surface area contributed by atoms with E-state index in [0.29, 0.717) is 31.9 Å². The highest BCUT2D eigenvalue weighted by Crippen LogP contribution is 2.33. The molecule has 1 N–H and O–H groups in total. The van der Waals surface area contributed by atoms with Gasteiger partial charge in [0.15, 0.2) is 16.3 Å². The third kappa shape index (κ3) is 5.02. The van der Waals surface area contributed by atoms with Crippen molar-refractivity contribution in [3.8, 4) is 11.5 Å². The van der Waals surface area contributed by atoms with Gasteiger partial charge in [-0.2, -0.15) is 8.78 Å². The molecule has 0 saturated heterocycles. The quantitative estimate of drug-likeness (QED) is 0.364. The van der Waals surface area contributed by atoms with Gasteiger partial charge in [-0.15, -0.1) is 11.3 Å². The highest BCUT2D eigenvalue weighted by atomic mass is 32.1. The summed E-state index contributed by atoms with van der Waals surface area (Å²) in [5.41, 5.74) is 1.76. The maximum absolute atomic E-state index is 13.7. The summed E-state index contributed by atoms with van der Waals surface area (Å²) in [5.74, 6) is -0.341. The molecular formula is C27H21F2N3O4S2. The number of hydrogen-bond acceptors (Lipinski definition) is 7. The molecule has 0 aliphatic carbocycles. The van der Waals surface area contributed by atoms with Crippen molar-refractivity contribution in [1.29, 1.82) is 0 Å². The molecule has 1 amide bonds. The standard InChI is InChI=1S/C27H21F2N3O4S2/c1-15-22(24(33)31-17-7-4-3-5-8-17)23(20-9-6-12-37-20)32-25(34)21(38-27(32)30-15)14-16-10-11-18(36-26(28)29)19(13-16)35-2/h3-14,23,26H,1-2H3,(H,31,33). The molecule has 38 heavy (non-hydrogen) atoms. The first-order valence-electron chi connectivity index (χ1n) is 11.4. The maximum atomic E-state index is 13.7. The summed E-state index contributed by atoms with van der Waals surface area (Å²) >= 11 is 2.63. The number of nitrogens with one attached hydrogen (secondary N) is 1. The van der Waals surface area contributed by atoms with Gasteiger partial charge in [0.2, 0.25) is 0 Å². The highest BCUT2D eigenvalue weighted by Gasteiger charge is 2.33. The number of benzene rings is 2. The van der Waals surface area contributed by atoms with Crippen LogP contribution in [0.25, 0.3) is 6.08 Å². The number of rotatable bonds is 7. The van der Waals surface area contributed by atoms with E-state index in [9.17, 15) is 18.4 Å². The zero-order chi connectivity index (χ0) is 26.8. The van der Waals surface area contributed by atoms with Crippen LogP contribution >= 0.6 is 22.7 Å². The topological polar surface area (TPSA) is 81.9 Å². The van der Waals surface area contributed by atoms with Crippen LogP contribution in [-0.2, 0) is 4.79 Å². The number of nitrogens with zero attached hydrogens (tertiary/aromatic N) is 2. The lowest BCUT2D eigenvalue weighted by Gasteiger charge is -2.24. The van der Waals surface area contributed by atoms with E-state index < -0.39 is 12.7 Å². The molecule has 7 nitrogen and oxygen atoms in total. The summed E-state index contributed by atoms with van der Waals surface area (Å²) in [7, 11) is 1.34. The van der Waals surface area contributed by atoms with E-state index in [1.165, 1.54) is 46.5 Å². The van der Waals surface area contributed by atoms with Crippen LogP contribution < -0.4 is 29.7 Å². The second-order valence-corrected chi connectivity index (χ2v) is 10.2. The van der Waals surface area contributed by atoms with Crippen molar-refractivity contribution in [3.63, 3.8) is 0 Å². The van der Waals surface area contributed by atoms with Crippen LogP contribution in [0.15, 0.2) is 87.1 Å². The van der Waals surface area contributed by atoms with E-state index in [-0.39, 0.29) is 23.0 Å². The number of thiophene rings is 1. The number of fused-ring (bicyclic) bond motifs is 1. The number of amides is 1. The SMILES string of the molecule is COc1cc(C=c2sc3n(c2=O)C(c2cccs2)C(C(=O)Nc2ccccc2)=C(C)N=3)ccc1OC(F)F. The van der Waals surface area contributed by atoms with E-state index in [4.69, 9.17) is 4.74 Å². The molecule has 5 rings (SSSR count). The summed E-state index contributed by atoms with van der Waals surface area (Å²) in [5, 5.41) is 4.80. The molecule has 1 aliphatic heterocycles. The first-order chi connectivity index (χ1) is 18.4. The number of hydrogen-bond donors (Lipinski definition) is 1. The fourth-order valence-electron chi connectivity index (χ4n) is 4.17. The smallest absolute Gasteiger partial charge is 0.387 e. The van der Waals surface area contributed by atoms with Crippen molar-refractivity contribution in [2.24, 2.45) is 4.99 Å². The monoisotopic (exact) mass is 553 g/mol. The Morgan fingerprint density at radius 1 is 1.13 bits per heavy atom. The predicted molar refractivity (Wildman–Crippen MR) is 143 cm³/mol. The van der Waals surface area contributed by atoms with E-state index in [1.807, 2.05) is 35.7 Å². The lowest BCUT2D eigenvalue weighted by Crippen LogP contribution is -2.40. The number of anilines is 1. The number of thiazole rings is 1. The first kappa shape index (κ1) is 25.6. The Kier molecular flexibility index (Phi) is 7.21. The van der Waals surface area contributed by atoms with Crippen molar-refractivity contribution < 1.29 is 23.0 Å².